The highest BCUT2D eigenvalue weighted by Crippen LogP contribution is 2.50. The van der Waals surface area contributed by atoms with Crippen molar-refractivity contribution in [2.45, 2.75) is 104 Å². The molecule has 8 aromatic rings. The van der Waals surface area contributed by atoms with Gasteiger partial charge in [-0.05, 0) is 143 Å². The van der Waals surface area contributed by atoms with E-state index >= 15 is 0 Å². The van der Waals surface area contributed by atoms with Crippen molar-refractivity contribution in [2.24, 2.45) is 16.8 Å². The van der Waals surface area contributed by atoms with Gasteiger partial charge >= 0.3 is 18.1 Å². The Morgan fingerprint density at radius 1 is 0.652 bits per heavy atom. The zero-order valence-electron chi connectivity index (χ0n) is 46.5. The molecular formula is C57H51Br2F3N14O7S6. The number of fused-ring (bicyclic) bond motifs is 4. The second kappa shape index (κ2) is 29.6. The number of nitrogens with zero attached hydrogens (tertiary/aromatic N) is 13. The van der Waals surface area contributed by atoms with Gasteiger partial charge in [-0.25, -0.2) is 39.5 Å². The van der Waals surface area contributed by atoms with Gasteiger partial charge in [0.15, 0.2) is 29.0 Å². The molecule has 3 amide bonds. The molecule has 2 aromatic carbocycles. The van der Waals surface area contributed by atoms with Gasteiger partial charge in [-0.1, -0.05) is 31.7 Å². The van der Waals surface area contributed by atoms with E-state index < -0.39 is 36.0 Å². The Hall–Kier alpha value is -7.29. The van der Waals surface area contributed by atoms with E-state index in [4.69, 9.17) is 0 Å². The Kier molecular flexibility index (Phi) is 22.5. The second-order valence-electron chi connectivity index (χ2n) is 20.4. The summed E-state index contributed by atoms with van der Waals surface area (Å²) in [6.45, 7) is 6.01. The number of carbonyl (C=O) groups is 6. The zero-order valence-corrected chi connectivity index (χ0v) is 54.5. The lowest BCUT2D eigenvalue weighted by Gasteiger charge is -2.27. The number of rotatable bonds is 12. The maximum Gasteiger partial charge on any atom is 0.471 e. The van der Waals surface area contributed by atoms with E-state index in [2.05, 4.69) is 105 Å². The molecule has 89 heavy (non-hydrogen) atoms. The summed E-state index contributed by atoms with van der Waals surface area (Å²) in [5.74, 6) is -0.834. The molecule has 8 heterocycles. The van der Waals surface area contributed by atoms with Gasteiger partial charge in [0.2, 0.25) is 6.08 Å². The van der Waals surface area contributed by atoms with Crippen LogP contribution in [0.15, 0.2) is 112 Å². The summed E-state index contributed by atoms with van der Waals surface area (Å²) in [6.07, 6.45) is 5.36. The maximum atomic E-state index is 13.5. The van der Waals surface area contributed by atoms with Crippen LogP contribution in [0.25, 0.3) is 44.1 Å². The predicted molar refractivity (Wildman–Crippen MR) is 348 cm³/mol. The number of anilines is 1. The SMILES string of the molecule is C.CC(=O)c1nn(CC(=O)[C@@H]2C[C@H]3C[C@H]3N2C(=O)C(F)(F)F)c2ccc(-c3cnc(C)nc3)cc12.CC(=O)c1nn(CC(=O)[C@@H]2C[C@H]3C[C@H]3N2C(=O)Nc2cccc(Br)n2)c2ccc(-c3cnc(C)nc3)cc12.O=C=Nc1cccc(Br)n1.S=S=S=S=S=S. The van der Waals surface area contributed by atoms with Crippen molar-refractivity contribution in [3.63, 3.8) is 0 Å². The molecule has 6 aromatic heterocycles. The molecule has 21 nitrogen and oxygen atoms in total. The monoisotopic (exact) mass is 1450 g/mol. The molecule has 2 saturated heterocycles. The summed E-state index contributed by atoms with van der Waals surface area (Å²) in [5, 5.41) is 12.8. The molecule has 0 unspecified atom stereocenters. The molecule has 6 atom stereocenters. The van der Waals surface area contributed by atoms with E-state index in [1.54, 1.807) is 95.9 Å². The van der Waals surface area contributed by atoms with E-state index in [0.717, 1.165) is 28.7 Å². The third-order valence-electron chi connectivity index (χ3n) is 14.6. The third-order valence-corrected chi connectivity index (χ3v) is 22.1. The lowest BCUT2D eigenvalue weighted by Crippen LogP contribution is -2.49. The number of piperidine rings is 2. The van der Waals surface area contributed by atoms with Gasteiger partial charge in [0, 0.05) is 131 Å². The number of urea groups is 1. The van der Waals surface area contributed by atoms with Crippen molar-refractivity contribution in [1.29, 1.82) is 0 Å². The predicted octanol–water partition coefficient (Wildman–Crippen LogP) is 9.98. The van der Waals surface area contributed by atoms with Gasteiger partial charge in [0.25, 0.3) is 0 Å². The quantitative estimate of drug-likeness (QED) is 0.0516. The van der Waals surface area contributed by atoms with Crippen molar-refractivity contribution in [1.82, 2.24) is 59.3 Å². The molecule has 12 rings (SSSR count). The van der Waals surface area contributed by atoms with Crippen LogP contribution in [0, 0.1) is 25.7 Å². The number of halogens is 5. The highest BCUT2D eigenvalue weighted by Gasteiger charge is 2.60. The Labute approximate surface area is 544 Å². The topological polar surface area (TPSA) is 263 Å². The largest absolute Gasteiger partial charge is 0.471 e. The number of ketones is 4. The third kappa shape index (κ3) is 16.4. The van der Waals surface area contributed by atoms with Crippen LogP contribution >= 0.6 is 31.9 Å². The van der Waals surface area contributed by atoms with Crippen LogP contribution in [0.5, 0.6) is 0 Å². The van der Waals surface area contributed by atoms with Crippen molar-refractivity contribution in [2.75, 3.05) is 5.32 Å². The lowest BCUT2D eigenvalue weighted by molar-refractivity contribution is -0.188. The zero-order chi connectivity index (χ0) is 63.1. The summed E-state index contributed by atoms with van der Waals surface area (Å²) in [5.41, 5.74) is 4.77. The van der Waals surface area contributed by atoms with Crippen molar-refractivity contribution < 1.29 is 46.7 Å². The number of aromatic nitrogens is 10. The molecule has 0 radical (unpaired) electrons. The minimum absolute atomic E-state index is 0. The van der Waals surface area contributed by atoms with Crippen LogP contribution in [0.4, 0.5) is 29.6 Å². The van der Waals surface area contributed by atoms with Gasteiger partial charge in [-0.15, -0.1) is 4.99 Å². The average Bonchev–Trinajstić information content (AvgIpc) is 1.61. The summed E-state index contributed by atoms with van der Waals surface area (Å²) in [6, 6.07) is 18.7. The van der Waals surface area contributed by atoms with Crippen molar-refractivity contribution in [3.8, 4) is 22.3 Å². The number of amides is 3. The number of benzene rings is 2. The molecular weight excluding hydrogens is 1400 g/mol. The van der Waals surface area contributed by atoms with Crippen molar-refractivity contribution in [3.05, 3.63) is 130 Å². The fraction of sp³-hybridized carbons (Fsp3) is 0.316. The fourth-order valence-electron chi connectivity index (χ4n) is 10.5. The minimum atomic E-state index is -5.04. The number of Topliss-reactive ketones (excluding diaryl/α,β-unsaturated/α-hetero) is 4. The van der Waals surface area contributed by atoms with E-state index in [-0.39, 0.29) is 68.0 Å². The number of alkyl halides is 3. The normalized spacial score (nSPS) is 18.1. The second-order valence-corrected chi connectivity index (χ2v) is 29.1. The average molecular weight is 1450 g/mol. The standard InChI is InChI=1S/C27H24BrN7O3.C23H20F3N5O3.C6H3BrN2O.CH4.S6/c1-14(36)26-19-8-16(18-11-29-15(2)30-12-18)6-7-20(19)34(33-26)13-23(37)22-10-17-9-21(17)35(22)27(38)32-25-5-3-4-24(28)31-25;1-11(32)21-16-5-13(15-8-27-12(2)28-9-15)3-4-17(16)30(29-21)10-20(33)19-7-14-6-18(14)31(19)22(34)23(24,25)26;7-5-2-1-3-6(9-5)8-4-10;;1-3-5-6-4-2/h3-8,11-12,17,21-22H,9-10,13H2,1-2H3,(H,31,32,38);3-5,8-9,14,18-19H,6-7,10H2,1-2H3;1-3H;1H4;/t17-,21-,22+;14-,18-,19+;;;/m11.../s1. The molecule has 4 fully saturated rings. The Bertz CT molecular complexity index is 4300. The summed E-state index contributed by atoms with van der Waals surface area (Å²) in [7, 11) is 5.63. The Morgan fingerprint density at radius 3 is 1.53 bits per heavy atom. The van der Waals surface area contributed by atoms with E-state index in [1.165, 1.54) is 60.1 Å². The first kappa shape index (κ1) is 67.6. The van der Waals surface area contributed by atoms with Gasteiger partial charge in [-0.3, -0.25) is 38.7 Å². The van der Waals surface area contributed by atoms with Crippen LogP contribution in [0.3, 0.4) is 0 Å². The van der Waals surface area contributed by atoms with Crippen LogP contribution in [0.1, 0.15) is 79.6 Å². The molecule has 4 aliphatic rings. The molecule has 462 valence electrons. The summed E-state index contributed by atoms with van der Waals surface area (Å²) in [4.78, 5) is 117. The minimum Gasteiger partial charge on any atom is -0.321 e. The summed E-state index contributed by atoms with van der Waals surface area (Å²) < 4.78 is 43.4. The van der Waals surface area contributed by atoms with Gasteiger partial charge in [-0.2, -0.15) is 23.4 Å². The molecule has 2 saturated carbocycles. The number of hydrogen-bond acceptors (Lipinski definition) is 18. The number of hydrogen-bond donors (Lipinski definition) is 1. The van der Waals surface area contributed by atoms with Gasteiger partial charge in [0.05, 0.1) is 23.1 Å². The molecule has 2 aliphatic carbocycles. The summed E-state index contributed by atoms with van der Waals surface area (Å²) >= 11 is 15.5. The Balaban J connectivity index is 0.000000184. The van der Waals surface area contributed by atoms with Crippen LogP contribution in [-0.2, 0) is 90.2 Å². The lowest BCUT2D eigenvalue weighted by atomic mass is 10.0. The highest BCUT2D eigenvalue weighted by molar-refractivity contribution is 9.10. The van der Waals surface area contributed by atoms with Crippen LogP contribution in [0.2, 0.25) is 0 Å². The Morgan fingerprint density at radius 2 is 1.10 bits per heavy atom. The first-order chi connectivity index (χ1) is 42.1. The highest BCUT2D eigenvalue weighted by atomic mass is 79.9. The number of isocyanates is 1. The fourth-order valence-corrected chi connectivity index (χ4v) is 16.6. The first-order valence-corrected chi connectivity index (χ1v) is 34.7. The van der Waals surface area contributed by atoms with E-state index in [1.807, 2.05) is 25.1 Å². The van der Waals surface area contributed by atoms with Crippen LogP contribution < -0.4 is 5.32 Å². The molecule has 0 spiro atoms. The molecule has 1 N–H and O–H groups in total. The van der Waals surface area contributed by atoms with E-state index in [0.29, 0.717) is 83.7 Å². The number of aryl methyl sites for hydroxylation is 2. The molecule has 2 aliphatic heterocycles. The number of likely N-dealkylation sites (tertiary alicyclic amines) is 2. The molecule has 0 bridgehead atoms. The number of aliphatic imine (C=N–C) groups is 1. The van der Waals surface area contributed by atoms with Crippen LogP contribution in [-0.4, -0.2) is 131 Å². The van der Waals surface area contributed by atoms with Gasteiger partial charge in [0.1, 0.15) is 51.2 Å². The number of pyridine rings is 2. The molecule has 32 heteroatoms. The van der Waals surface area contributed by atoms with E-state index in [9.17, 15) is 46.7 Å². The first-order valence-electron chi connectivity index (χ1n) is 26.5. The maximum absolute atomic E-state index is 13.5. The number of nitrogens with one attached hydrogen (secondary N) is 1. The smallest absolute Gasteiger partial charge is 0.321 e. The van der Waals surface area contributed by atoms with Crippen molar-refractivity contribution >= 4 is 164 Å². The van der Waals surface area contributed by atoms with Gasteiger partial charge < -0.3 is 9.80 Å². The number of carbonyl (C=O) groups excluding carboxylic acids is 7.